The summed E-state index contributed by atoms with van der Waals surface area (Å²) >= 11 is 0. The average Bonchev–Trinajstić information content (AvgIpc) is 2.39. The van der Waals surface area contributed by atoms with Crippen LogP contribution in [0.1, 0.15) is 13.8 Å². The number of benzene rings is 1. The highest BCUT2D eigenvalue weighted by atomic mass is 16.6. The van der Waals surface area contributed by atoms with Crippen molar-refractivity contribution in [1.29, 1.82) is 0 Å². The number of nitrogens with zero attached hydrogens (tertiary/aromatic N) is 2. The molecule has 0 fully saturated rings. The first-order valence-corrected chi connectivity index (χ1v) is 5.30. The Bertz CT molecular complexity index is 526. The molecule has 17 heavy (non-hydrogen) atoms. The number of ether oxygens (including phenoxy) is 1. The summed E-state index contributed by atoms with van der Waals surface area (Å²) in [5.41, 5.74) is 0.566. The minimum absolute atomic E-state index is 0.0405. The Morgan fingerprint density at radius 1 is 1.29 bits per heavy atom. The van der Waals surface area contributed by atoms with Gasteiger partial charge in [0.15, 0.2) is 0 Å². The molecule has 2 aromatic rings. The van der Waals surface area contributed by atoms with Gasteiger partial charge in [0.25, 0.3) is 5.88 Å². The molecule has 0 N–H and O–H groups in total. The molecule has 0 unspecified atom stereocenters. The smallest absolute Gasteiger partial charge is 0.331 e. The molecule has 2 rings (SSSR count). The third kappa shape index (κ3) is 2.69. The summed E-state index contributed by atoms with van der Waals surface area (Å²) in [6.07, 6.45) is 0. The van der Waals surface area contributed by atoms with E-state index in [0.717, 1.165) is 5.39 Å². The summed E-state index contributed by atoms with van der Waals surface area (Å²) in [7, 11) is 1.37. The van der Waals surface area contributed by atoms with Gasteiger partial charge in [-0.15, -0.1) is 0 Å². The van der Waals surface area contributed by atoms with E-state index >= 15 is 0 Å². The first-order valence-electron chi connectivity index (χ1n) is 5.30. The van der Waals surface area contributed by atoms with Gasteiger partial charge in [0.2, 0.25) is 0 Å². The molecule has 5 heteroatoms. The zero-order valence-electron chi connectivity index (χ0n) is 10.0. The molecule has 0 amide bonds. The van der Waals surface area contributed by atoms with Crippen molar-refractivity contribution in [2.24, 2.45) is 0 Å². The molecule has 0 aliphatic carbocycles. The van der Waals surface area contributed by atoms with Crippen LogP contribution in [0.15, 0.2) is 30.3 Å². The molecule has 0 radical (unpaired) electrons. The molecule has 0 spiro atoms. The Hall–Kier alpha value is -2.17. The van der Waals surface area contributed by atoms with E-state index in [9.17, 15) is 10.1 Å². The fourth-order valence-electron chi connectivity index (χ4n) is 1.37. The Morgan fingerprint density at radius 2 is 1.94 bits per heavy atom. The zero-order valence-corrected chi connectivity index (χ0v) is 10.0. The van der Waals surface area contributed by atoms with E-state index in [1.54, 1.807) is 18.2 Å². The minimum atomic E-state index is -0.502. The van der Waals surface area contributed by atoms with Crippen LogP contribution >= 0.6 is 0 Å². The SMILES string of the molecule is CC.COc1nc2ccccc2cc1[N+](=O)[O-]. The maximum absolute atomic E-state index is 10.7. The Labute approximate surface area is 99.2 Å². The van der Waals surface area contributed by atoms with Crippen molar-refractivity contribution < 1.29 is 9.66 Å². The van der Waals surface area contributed by atoms with Crippen molar-refractivity contribution in [2.45, 2.75) is 13.8 Å². The fourth-order valence-corrected chi connectivity index (χ4v) is 1.37. The van der Waals surface area contributed by atoms with Crippen molar-refractivity contribution >= 4 is 16.6 Å². The van der Waals surface area contributed by atoms with E-state index in [0.29, 0.717) is 5.52 Å². The van der Waals surface area contributed by atoms with Crippen LogP contribution in [0.25, 0.3) is 10.9 Å². The summed E-state index contributed by atoms with van der Waals surface area (Å²) in [6, 6.07) is 8.64. The zero-order chi connectivity index (χ0) is 12.8. The first kappa shape index (κ1) is 12.9. The third-order valence-electron chi connectivity index (χ3n) is 2.06. The van der Waals surface area contributed by atoms with Gasteiger partial charge in [-0.2, -0.15) is 0 Å². The normalized spacial score (nSPS) is 9.35. The highest BCUT2D eigenvalue weighted by Crippen LogP contribution is 2.28. The molecular weight excluding hydrogens is 220 g/mol. The van der Waals surface area contributed by atoms with E-state index in [-0.39, 0.29) is 11.6 Å². The molecule has 1 heterocycles. The molecule has 90 valence electrons. The number of hydrogen-bond donors (Lipinski definition) is 0. The Kier molecular flexibility index (Phi) is 4.39. The number of methoxy groups -OCH3 is 1. The molecule has 1 aromatic carbocycles. The van der Waals surface area contributed by atoms with Crippen molar-refractivity contribution in [1.82, 2.24) is 4.98 Å². The molecule has 0 aliphatic rings. The fraction of sp³-hybridized carbons (Fsp3) is 0.250. The molecule has 0 saturated carbocycles. The monoisotopic (exact) mass is 234 g/mol. The van der Waals surface area contributed by atoms with Gasteiger partial charge < -0.3 is 4.74 Å². The number of para-hydroxylation sites is 1. The summed E-state index contributed by atoms with van der Waals surface area (Å²) < 4.78 is 4.86. The molecule has 0 saturated heterocycles. The summed E-state index contributed by atoms with van der Waals surface area (Å²) in [6.45, 7) is 4.00. The van der Waals surface area contributed by atoms with Gasteiger partial charge in [-0.05, 0) is 6.07 Å². The summed E-state index contributed by atoms with van der Waals surface area (Å²) in [5, 5.41) is 11.4. The van der Waals surface area contributed by atoms with Crippen LogP contribution in [0.5, 0.6) is 5.88 Å². The predicted octanol–water partition coefficient (Wildman–Crippen LogP) is 3.18. The van der Waals surface area contributed by atoms with Gasteiger partial charge in [0, 0.05) is 11.5 Å². The molecular formula is C12H14N2O3. The molecule has 1 aromatic heterocycles. The molecule has 5 nitrogen and oxygen atoms in total. The number of nitro groups is 1. The second kappa shape index (κ2) is 5.79. The maximum Gasteiger partial charge on any atom is 0.331 e. The first-order chi connectivity index (χ1) is 8.22. The number of aromatic nitrogens is 1. The second-order valence-corrected chi connectivity index (χ2v) is 2.97. The van der Waals surface area contributed by atoms with Crippen LogP contribution < -0.4 is 4.74 Å². The summed E-state index contributed by atoms with van der Waals surface area (Å²) in [4.78, 5) is 14.3. The lowest BCUT2D eigenvalue weighted by atomic mass is 10.2. The lowest BCUT2D eigenvalue weighted by Gasteiger charge is -2.02. The van der Waals surface area contributed by atoms with Crippen LogP contribution in [0.3, 0.4) is 0 Å². The van der Waals surface area contributed by atoms with Gasteiger partial charge in [-0.3, -0.25) is 10.1 Å². The van der Waals surface area contributed by atoms with Gasteiger partial charge in [-0.1, -0.05) is 32.0 Å². The van der Waals surface area contributed by atoms with Crippen molar-refractivity contribution in [3.05, 3.63) is 40.4 Å². The van der Waals surface area contributed by atoms with Crippen LogP contribution in [-0.4, -0.2) is 17.0 Å². The van der Waals surface area contributed by atoms with E-state index in [4.69, 9.17) is 4.74 Å². The quantitative estimate of drug-likeness (QED) is 0.591. The van der Waals surface area contributed by atoms with Crippen molar-refractivity contribution in [3.8, 4) is 5.88 Å². The van der Waals surface area contributed by atoms with Crippen LogP contribution in [0.2, 0.25) is 0 Å². The van der Waals surface area contributed by atoms with Gasteiger partial charge in [0.05, 0.1) is 17.5 Å². The van der Waals surface area contributed by atoms with E-state index in [1.165, 1.54) is 13.2 Å². The molecule has 0 aliphatic heterocycles. The topological polar surface area (TPSA) is 65.3 Å². The minimum Gasteiger partial charge on any atom is -0.476 e. The standard InChI is InChI=1S/C10H8N2O3.C2H6/c1-15-10-9(12(13)14)6-7-4-2-3-5-8(7)11-10;1-2/h2-6H,1H3;1-2H3. The number of hydrogen-bond acceptors (Lipinski definition) is 4. The Morgan fingerprint density at radius 3 is 2.53 bits per heavy atom. The molecule has 0 bridgehead atoms. The van der Waals surface area contributed by atoms with Crippen LogP contribution in [-0.2, 0) is 0 Å². The van der Waals surface area contributed by atoms with E-state index in [1.807, 2.05) is 19.9 Å². The average molecular weight is 234 g/mol. The molecule has 0 atom stereocenters. The largest absolute Gasteiger partial charge is 0.476 e. The van der Waals surface area contributed by atoms with Crippen molar-refractivity contribution in [3.63, 3.8) is 0 Å². The van der Waals surface area contributed by atoms with Crippen LogP contribution in [0, 0.1) is 10.1 Å². The van der Waals surface area contributed by atoms with Gasteiger partial charge in [-0.25, -0.2) is 4.98 Å². The highest BCUT2D eigenvalue weighted by molar-refractivity contribution is 5.82. The summed E-state index contributed by atoms with van der Waals surface area (Å²) in [5.74, 6) is 0.0405. The number of pyridine rings is 1. The van der Waals surface area contributed by atoms with E-state index < -0.39 is 4.92 Å². The van der Waals surface area contributed by atoms with Crippen LogP contribution in [0.4, 0.5) is 5.69 Å². The number of rotatable bonds is 2. The van der Waals surface area contributed by atoms with Gasteiger partial charge in [0.1, 0.15) is 0 Å². The Balaban J connectivity index is 0.000000686. The highest BCUT2D eigenvalue weighted by Gasteiger charge is 2.16. The lowest BCUT2D eigenvalue weighted by molar-refractivity contribution is -0.386. The number of fused-ring (bicyclic) bond motifs is 1. The second-order valence-electron chi connectivity index (χ2n) is 2.97. The van der Waals surface area contributed by atoms with E-state index in [2.05, 4.69) is 4.98 Å². The third-order valence-corrected chi connectivity index (χ3v) is 2.06. The lowest BCUT2D eigenvalue weighted by Crippen LogP contribution is -1.96. The maximum atomic E-state index is 10.7. The predicted molar refractivity (Wildman–Crippen MR) is 66.3 cm³/mol. The van der Waals surface area contributed by atoms with Gasteiger partial charge >= 0.3 is 5.69 Å². The van der Waals surface area contributed by atoms with Crippen molar-refractivity contribution in [2.75, 3.05) is 7.11 Å².